The summed E-state index contributed by atoms with van der Waals surface area (Å²) in [5.41, 5.74) is 1.08. The summed E-state index contributed by atoms with van der Waals surface area (Å²) < 4.78 is 22.8. The Morgan fingerprint density at radius 1 is 1.11 bits per heavy atom. The van der Waals surface area contributed by atoms with E-state index in [9.17, 15) is 24.3 Å². The van der Waals surface area contributed by atoms with Crippen molar-refractivity contribution in [2.75, 3.05) is 47.1 Å². The third kappa shape index (κ3) is 7.17. The summed E-state index contributed by atoms with van der Waals surface area (Å²) in [6.07, 6.45) is -0.687. The van der Waals surface area contributed by atoms with Gasteiger partial charge in [0.25, 0.3) is 0 Å². The second-order valence-corrected chi connectivity index (χ2v) is 12.9. The molecule has 45 heavy (non-hydrogen) atoms. The van der Waals surface area contributed by atoms with Crippen LogP contribution in [0.1, 0.15) is 57.8 Å². The number of ketones is 1. The van der Waals surface area contributed by atoms with Gasteiger partial charge in [0.2, 0.25) is 0 Å². The third-order valence-corrected chi connectivity index (χ3v) is 8.90. The van der Waals surface area contributed by atoms with Crippen molar-refractivity contribution in [2.45, 2.75) is 46.6 Å². The number of carboxylic acids is 1. The lowest BCUT2D eigenvalue weighted by molar-refractivity contribution is -0.307. The molecule has 0 aliphatic carbocycles. The highest BCUT2D eigenvalue weighted by Gasteiger charge is 2.55. The average Bonchev–Trinajstić information content (AvgIpc) is 3.09. The van der Waals surface area contributed by atoms with Gasteiger partial charge in [-0.15, -0.1) is 9.60 Å². The van der Waals surface area contributed by atoms with E-state index in [1.54, 1.807) is 30.3 Å². The molecule has 1 saturated heterocycles. The van der Waals surface area contributed by atoms with Crippen LogP contribution in [-0.2, 0) is 28.7 Å². The first-order chi connectivity index (χ1) is 21.2. The molecule has 1 amide bonds. The van der Waals surface area contributed by atoms with Crippen LogP contribution in [0.4, 0.5) is 5.69 Å². The Morgan fingerprint density at radius 3 is 2.47 bits per heavy atom. The van der Waals surface area contributed by atoms with Gasteiger partial charge in [0.15, 0.2) is 23.8 Å². The predicted octanol–water partition coefficient (Wildman–Crippen LogP) is 3.48. The maximum absolute atomic E-state index is 14.7. The van der Waals surface area contributed by atoms with E-state index in [2.05, 4.69) is 0 Å². The maximum Gasteiger partial charge on any atom is 0.363 e. The second kappa shape index (κ2) is 13.9. The summed E-state index contributed by atoms with van der Waals surface area (Å²) in [4.78, 5) is 51.0. The molecule has 244 valence electrons. The Morgan fingerprint density at radius 2 is 1.84 bits per heavy atom. The third-order valence-electron chi connectivity index (χ3n) is 8.66. The Bertz CT molecular complexity index is 1460. The number of carboxylic acid groups (broad SMARTS) is 1. The van der Waals surface area contributed by atoms with Gasteiger partial charge in [-0.1, -0.05) is 37.6 Å². The number of halogens is 1. The van der Waals surface area contributed by atoms with Crippen molar-refractivity contribution in [3.05, 3.63) is 52.5 Å². The standard InChI is InChI=1S/C33H41ClN2O9/c1-20(37)26-16-35(13-12-22(26)14-30(40)41)36(18-33(3,4)19-45-21(2)38)27-11-10-23(34)15-25(27)31(44-17-29(36)39)24-8-7-9-28(42-5)32(24)43-6/h7-11,15,22,26,31H,12-14,16-19H2,1-6H3/t22?,26-,31-,36?/m1/s1. The molecule has 0 saturated carbocycles. The van der Waals surface area contributed by atoms with Crippen LogP contribution in [0.15, 0.2) is 36.4 Å². The summed E-state index contributed by atoms with van der Waals surface area (Å²) in [7, 11) is 3.06. The summed E-state index contributed by atoms with van der Waals surface area (Å²) in [5, 5.41) is 13.9. The van der Waals surface area contributed by atoms with Crippen LogP contribution in [0, 0.1) is 17.3 Å². The van der Waals surface area contributed by atoms with E-state index in [1.165, 1.54) is 28.1 Å². The number of fused-ring (bicyclic) bond motifs is 1. The number of rotatable bonds is 11. The fourth-order valence-corrected chi connectivity index (χ4v) is 6.87. The zero-order valence-corrected chi connectivity index (χ0v) is 27.3. The summed E-state index contributed by atoms with van der Waals surface area (Å²) in [5.74, 6) is -2.30. The molecule has 1 fully saturated rings. The molecule has 0 spiro atoms. The van der Waals surface area contributed by atoms with Crippen LogP contribution >= 0.6 is 11.6 Å². The zero-order chi connectivity index (χ0) is 33.1. The number of benzene rings is 2. The van der Waals surface area contributed by atoms with E-state index in [-0.39, 0.29) is 49.0 Å². The molecule has 4 atom stereocenters. The lowest BCUT2D eigenvalue weighted by atomic mass is 9.81. The minimum absolute atomic E-state index is 0.0316. The first-order valence-corrected chi connectivity index (χ1v) is 15.2. The number of Topliss-reactive ketones (excluding diaryl/α,β-unsaturated/α-hetero) is 1. The van der Waals surface area contributed by atoms with Gasteiger partial charge < -0.3 is 28.8 Å². The van der Waals surface area contributed by atoms with Gasteiger partial charge in [0.1, 0.15) is 25.0 Å². The molecule has 2 aromatic rings. The van der Waals surface area contributed by atoms with E-state index >= 15 is 0 Å². The highest BCUT2D eigenvalue weighted by molar-refractivity contribution is 6.30. The Labute approximate surface area is 268 Å². The molecule has 12 heteroatoms. The Hall–Kier alpha value is -3.51. The summed E-state index contributed by atoms with van der Waals surface area (Å²) >= 11 is 6.60. The molecule has 2 heterocycles. The van der Waals surface area contributed by atoms with Gasteiger partial charge in [-0.25, -0.2) is 4.79 Å². The van der Waals surface area contributed by atoms with E-state index in [0.717, 1.165) is 0 Å². The van der Waals surface area contributed by atoms with Gasteiger partial charge in [0, 0.05) is 42.0 Å². The molecule has 0 radical (unpaired) electrons. The number of esters is 1. The van der Waals surface area contributed by atoms with Gasteiger partial charge in [0.05, 0.1) is 31.7 Å². The topological polar surface area (TPSA) is 132 Å². The van der Waals surface area contributed by atoms with Crippen LogP contribution in [0.2, 0.25) is 5.02 Å². The van der Waals surface area contributed by atoms with Crippen LogP contribution < -0.4 is 19.2 Å². The Balaban J connectivity index is 1.96. The van der Waals surface area contributed by atoms with Crippen molar-refractivity contribution in [3.63, 3.8) is 0 Å². The number of hydrogen-bond donors (Lipinski definition) is 0. The second-order valence-electron chi connectivity index (χ2n) is 12.5. The normalized spacial score (nSPS) is 23.9. The van der Waals surface area contributed by atoms with Crippen molar-refractivity contribution in [1.82, 2.24) is 9.60 Å². The molecule has 2 unspecified atom stereocenters. The lowest BCUT2D eigenvalue weighted by Gasteiger charge is -2.50. The molecular weight excluding hydrogens is 604 g/mol. The number of aliphatic carboxylic acids is 1. The van der Waals surface area contributed by atoms with Crippen molar-refractivity contribution in [2.24, 2.45) is 17.3 Å². The van der Waals surface area contributed by atoms with Gasteiger partial charge in [-0.2, -0.15) is 0 Å². The van der Waals surface area contributed by atoms with E-state index in [1.807, 2.05) is 24.9 Å². The summed E-state index contributed by atoms with van der Waals surface area (Å²) in [6.45, 7) is 6.87. The number of quaternary nitrogens is 1. The number of carbonyl (C=O) groups is 4. The maximum atomic E-state index is 14.7. The van der Waals surface area contributed by atoms with Crippen LogP contribution in [-0.4, -0.2) is 75.7 Å². The van der Waals surface area contributed by atoms with Crippen LogP contribution in [0.3, 0.4) is 0 Å². The van der Waals surface area contributed by atoms with E-state index in [4.69, 9.17) is 30.5 Å². The number of ether oxygens (including phenoxy) is 4. The van der Waals surface area contributed by atoms with Crippen molar-refractivity contribution >= 4 is 40.9 Å². The van der Waals surface area contributed by atoms with Crippen molar-refractivity contribution in [1.29, 1.82) is 0 Å². The van der Waals surface area contributed by atoms with Crippen molar-refractivity contribution < 1.29 is 43.2 Å². The number of nitrogens with zero attached hydrogens (tertiary/aromatic N) is 2. The first kappa shape index (κ1) is 34.4. The highest BCUT2D eigenvalue weighted by Crippen LogP contribution is 2.48. The van der Waals surface area contributed by atoms with E-state index in [0.29, 0.717) is 46.3 Å². The Kier molecular flexibility index (Phi) is 10.6. The van der Waals surface area contributed by atoms with Crippen molar-refractivity contribution in [3.8, 4) is 11.5 Å². The molecule has 0 bridgehead atoms. The first-order valence-electron chi connectivity index (χ1n) is 14.9. The van der Waals surface area contributed by atoms with Gasteiger partial charge >= 0.3 is 11.9 Å². The molecule has 2 aliphatic heterocycles. The van der Waals surface area contributed by atoms with Gasteiger partial charge in [-0.3, -0.25) is 9.59 Å². The smallest absolute Gasteiger partial charge is 0.363 e. The summed E-state index contributed by atoms with van der Waals surface area (Å²) in [6, 6.07) is 10.7. The van der Waals surface area contributed by atoms with Crippen LogP contribution in [0.25, 0.3) is 0 Å². The minimum Gasteiger partial charge on any atom is -0.550 e. The molecule has 0 N–H and O–H groups in total. The van der Waals surface area contributed by atoms with Crippen LogP contribution in [0.5, 0.6) is 11.5 Å². The zero-order valence-electron chi connectivity index (χ0n) is 26.6. The fraction of sp³-hybridized carbons (Fsp3) is 0.515. The molecule has 4 rings (SSSR count). The molecule has 0 aromatic heterocycles. The highest BCUT2D eigenvalue weighted by atomic mass is 35.5. The number of piperidine rings is 1. The van der Waals surface area contributed by atoms with E-state index < -0.39 is 35.3 Å². The average molecular weight is 645 g/mol. The largest absolute Gasteiger partial charge is 0.550 e. The SMILES string of the molecule is COc1cccc([C@H]2OCC(=O)[N+](CC(C)(C)COC(C)=O)(N3CCC(CC(=O)[O-])[C@@H](C(C)=O)C3)c3ccc(Cl)cc32)c1OC. The minimum atomic E-state index is -1.22. The molecule has 2 aromatic carbocycles. The van der Waals surface area contributed by atoms with Gasteiger partial charge in [-0.05, 0) is 43.9 Å². The number of para-hydroxylation sites is 1. The molecule has 11 nitrogen and oxygen atoms in total. The lowest BCUT2D eigenvalue weighted by Crippen LogP contribution is -2.71. The monoisotopic (exact) mass is 644 g/mol. The number of amides is 1. The molecule has 2 aliphatic rings. The quantitative estimate of drug-likeness (QED) is 0.265. The predicted molar refractivity (Wildman–Crippen MR) is 164 cm³/mol. The fourth-order valence-electron chi connectivity index (χ4n) is 6.69. The molecular formula is C33H41ClN2O9. The number of hydrogen-bond acceptors (Lipinski definition) is 10. The number of methoxy groups -OCH3 is 2. The number of carbonyl (C=O) groups excluding carboxylic acids is 4.